The molecule has 0 bridgehead atoms. The van der Waals surface area contributed by atoms with Gasteiger partial charge in [0.05, 0.1) is 11.3 Å². The van der Waals surface area contributed by atoms with E-state index >= 15 is 0 Å². The fourth-order valence-corrected chi connectivity index (χ4v) is 5.10. The Balaban J connectivity index is 1.12. The highest BCUT2D eigenvalue weighted by atomic mass is 32.2. The first-order valence-electron chi connectivity index (χ1n) is 11.7. The minimum Gasteiger partial charge on any atom is -0.368 e. The lowest BCUT2D eigenvalue weighted by Crippen LogP contribution is -2.48. The molecule has 0 radical (unpaired) electrons. The molecule has 0 unspecified atom stereocenters. The molecule has 3 aromatic carbocycles. The molecule has 4 aromatic rings. The van der Waals surface area contributed by atoms with Gasteiger partial charge in [0.15, 0.2) is 0 Å². The third kappa shape index (κ3) is 5.49. The second-order valence-corrected chi connectivity index (χ2v) is 9.52. The molecule has 0 atom stereocenters. The van der Waals surface area contributed by atoms with Crippen LogP contribution in [-0.4, -0.2) is 53.6 Å². The van der Waals surface area contributed by atoms with Crippen LogP contribution in [0.25, 0.3) is 10.9 Å². The zero-order valence-electron chi connectivity index (χ0n) is 19.6. The first kappa shape index (κ1) is 23.8. The van der Waals surface area contributed by atoms with E-state index in [-0.39, 0.29) is 11.8 Å². The van der Waals surface area contributed by atoms with Crippen molar-refractivity contribution < 1.29 is 14.0 Å². The van der Waals surface area contributed by atoms with Crippen LogP contribution in [-0.2, 0) is 4.79 Å². The number of para-hydroxylation sites is 1. The van der Waals surface area contributed by atoms with E-state index < -0.39 is 5.82 Å². The smallest absolute Gasteiger partial charge is 0.254 e. The maximum absolute atomic E-state index is 13.5. The summed E-state index contributed by atoms with van der Waals surface area (Å²) in [6.07, 6.45) is 1.76. The highest BCUT2D eigenvalue weighted by Gasteiger charge is 2.22. The predicted octanol–water partition coefficient (Wildman–Crippen LogP) is 5.07. The highest BCUT2D eigenvalue weighted by molar-refractivity contribution is 8.00. The number of amides is 2. The number of rotatable bonds is 6. The zero-order chi connectivity index (χ0) is 24.9. The number of carbonyl (C=O) groups is 2. The average molecular weight is 501 g/mol. The Morgan fingerprint density at radius 1 is 0.917 bits per heavy atom. The molecule has 2 heterocycles. The molecule has 0 saturated carbocycles. The van der Waals surface area contributed by atoms with Crippen molar-refractivity contribution in [1.82, 2.24) is 9.88 Å². The summed E-state index contributed by atoms with van der Waals surface area (Å²) < 4.78 is 13.5. The van der Waals surface area contributed by atoms with E-state index in [1.807, 2.05) is 54.6 Å². The van der Waals surface area contributed by atoms with Crippen molar-refractivity contribution in [1.29, 1.82) is 0 Å². The van der Waals surface area contributed by atoms with Crippen LogP contribution in [0.2, 0.25) is 0 Å². The Kier molecular flexibility index (Phi) is 7.13. The lowest BCUT2D eigenvalue weighted by Gasteiger charge is -2.36. The van der Waals surface area contributed by atoms with Crippen molar-refractivity contribution in [3.8, 4) is 0 Å². The standard InChI is InChI=1S/C28H25FN4O2S/c29-22-7-1-5-21(18-22)28(35)33-16-14-32(15-17-33)24-11-9-23(10-12-24)31-26(34)19-36-25-8-2-4-20-6-3-13-30-27(20)25/h1-13,18H,14-17,19H2,(H,31,34). The van der Waals surface area contributed by atoms with Crippen molar-refractivity contribution in [2.75, 3.05) is 42.1 Å². The molecule has 1 saturated heterocycles. The van der Waals surface area contributed by atoms with E-state index in [1.54, 1.807) is 23.2 Å². The maximum Gasteiger partial charge on any atom is 0.254 e. The van der Waals surface area contributed by atoms with Crippen LogP contribution < -0.4 is 10.2 Å². The molecule has 0 aliphatic carbocycles. The Labute approximate surface area is 213 Å². The Hall–Kier alpha value is -3.91. The van der Waals surface area contributed by atoms with Crippen LogP contribution >= 0.6 is 11.8 Å². The average Bonchev–Trinajstić information content (AvgIpc) is 2.92. The number of pyridine rings is 1. The molecular formula is C28H25FN4O2S. The van der Waals surface area contributed by atoms with Crippen molar-refractivity contribution >= 4 is 45.9 Å². The van der Waals surface area contributed by atoms with E-state index in [4.69, 9.17) is 0 Å². The Morgan fingerprint density at radius 3 is 2.44 bits per heavy atom. The third-order valence-corrected chi connectivity index (χ3v) is 7.16. The minimum absolute atomic E-state index is 0.0786. The number of carbonyl (C=O) groups excluding carboxylic acids is 2. The number of thioether (sulfide) groups is 1. The van der Waals surface area contributed by atoms with Gasteiger partial charge in [-0.05, 0) is 54.6 Å². The highest BCUT2D eigenvalue weighted by Crippen LogP contribution is 2.26. The molecule has 5 rings (SSSR count). The number of hydrogen-bond acceptors (Lipinski definition) is 5. The van der Waals surface area contributed by atoms with Crippen LogP contribution in [0.4, 0.5) is 15.8 Å². The maximum atomic E-state index is 13.5. The van der Waals surface area contributed by atoms with Gasteiger partial charge in [0.2, 0.25) is 5.91 Å². The number of aromatic nitrogens is 1. The monoisotopic (exact) mass is 500 g/mol. The normalized spacial score (nSPS) is 13.6. The summed E-state index contributed by atoms with van der Waals surface area (Å²) in [7, 11) is 0. The number of nitrogens with zero attached hydrogens (tertiary/aromatic N) is 3. The van der Waals surface area contributed by atoms with Gasteiger partial charge in [-0.15, -0.1) is 11.8 Å². The van der Waals surface area contributed by atoms with Crippen molar-refractivity contribution in [2.24, 2.45) is 0 Å². The second kappa shape index (κ2) is 10.8. The van der Waals surface area contributed by atoms with Gasteiger partial charge < -0.3 is 15.1 Å². The van der Waals surface area contributed by atoms with Crippen LogP contribution in [0.1, 0.15) is 10.4 Å². The van der Waals surface area contributed by atoms with E-state index in [0.29, 0.717) is 37.5 Å². The fraction of sp³-hybridized carbons (Fsp3) is 0.179. The largest absolute Gasteiger partial charge is 0.368 e. The lowest BCUT2D eigenvalue weighted by atomic mass is 10.1. The molecule has 182 valence electrons. The number of nitrogens with one attached hydrogen (secondary N) is 1. The second-order valence-electron chi connectivity index (χ2n) is 8.50. The molecule has 6 nitrogen and oxygen atoms in total. The van der Waals surface area contributed by atoms with Crippen LogP contribution in [0.5, 0.6) is 0 Å². The number of hydrogen-bond donors (Lipinski definition) is 1. The SMILES string of the molecule is O=C(CSc1cccc2cccnc12)Nc1ccc(N2CCN(C(=O)c3cccc(F)c3)CC2)cc1. The van der Waals surface area contributed by atoms with Gasteiger partial charge >= 0.3 is 0 Å². The summed E-state index contributed by atoms with van der Waals surface area (Å²) in [5, 5.41) is 4.01. The number of halogens is 1. The van der Waals surface area contributed by atoms with E-state index in [0.717, 1.165) is 27.2 Å². The van der Waals surface area contributed by atoms with E-state index in [9.17, 15) is 14.0 Å². The molecule has 36 heavy (non-hydrogen) atoms. The minimum atomic E-state index is -0.407. The number of benzene rings is 3. The summed E-state index contributed by atoms with van der Waals surface area (Å²) in [4.78, 5) is 34.5. The zero-order valence-corrected chi connectivity index (χ0v) is 20.4. The van der Waals surface area contributed by atoms with Crippen LogP contribution in [0, 0.1) is 5.82 Å². The molecule has 1 fully saturated rings. The van der Waals surface area contributed by atoms with Crippen molar-refractivity contribution in [2.45, 2.75) is 4.90 Å². The van der Waals surface area contributed by atoms with Gasteiger partial charge in [-0.1, -0.05) is 24.3 Å². The summed E-state index contributed by atoms with van der Waals surface area (Å²) >= 11 is 1.47. The number of piperazine rings is 1. The first-order chi connectivity index (χ1) is 17.6. The van der Waals surface area contributed by atoms with Crippen LogP contribution in [0.15, 0.2) is 90.0 Å². The van der Waals surface area contributed by atoms with Gasteiger partial charge in [-0.25, -0.2) is 4.39 Å². The quantitative estimate of drug-likeness (QED) is 0.375. The lowest BCUT2D eigenvalue weighted by molar-refractivity contribution is -0.113. The molecule has 1 N–H and O–H groups in total. The summed E-state index contributed by atoms with van der Waals surface area (Å²) in [6.45, 7) is 2.49. The summed E-state index contributed by atoms with van der Waals surface area (Å²) in [6, 6.07) is 23.4. The molecular weight excluding hydrogens is 475 g/mol. The van der Waals surface area contributed by atoms with Gasteiger partial charge in [-0.2, -0.15) is 0 Å². The number of fused-ring (bicyclic) bond motifs is 1. The van der Waals surface area contributed by atoms with Gasteiger partial charge in [0.25, 0.3) is 5.91 Å². The van der Waals surface area contributed by atoms with Gasteiger partial charge in [-0.3, -0.25) is 14.6 Å². The van der Waals surface area contributed by atoms with E-state index in [1.165, 1.54) is 23.9 Å². The van der Waals surface area contributed by atoms with E-state index in [2.05, 4.69) is 15.2 Å². The molecule has 8 heteroatoms. The molecule has 1 aliphatic rings. The van der Waals surface area contributed by atoms with Gasteiger partial charge in [0.1, 0.15) is 5.82 Å². The molecule has 1 aliphatic heterocycles. The topological polar surface area (TPSA) is 65.5 Å². The van der Waals surface area contributed by atoms with Crippen molar-refractivity contribution in [3.63, 3.8) is 0 Å². The summed E-state index contributed by atoms with van der Waals surface area (Å²) in [5.41, 5.74) is 3.04. The summed E-state index contributed by atoms with van der Waals surface area (Å²) in [5.74, 6) is -0.344. The van der Waals surface area contributed by atoms with Crippen LogP contribution in [0.3, 0.4) is 0 Å². The third-order valence-electron chi connectivity index (χ3n) is 6.11. The first-order valence-corrected chi connectivity index (χ1v) is 12.7. The number of anilines is 2. The predicted molar refractivity (Wildman–Crippen MR) is 142 cm³/mol. The molecule has 2 amide bonds. The molecule has 0 spiro atoms. The van der Waals surface area contributed by atoms with Gasteiger partial charge in [0, 0.05) is 59.6 Å². The Morgan fingerprint density at radius 2 is 1.67 bits per heavy atom. The fourth-order valence-electron chi connectivity index (χ4n) is 4.26. The Bertz CT molecular complexity index is 1380. The molecule has 1 aromatic heterocycles. The van der Waals surface area contributed by atoms with Crippen molar-refractivity contribution in [3.05, 3.63) is 96.4 Å².